The minimum Gasteiger partial charge on any atom is -0.469 e. The van der Waals surface area contributed by atoms with Gasteiger partial charge in [-0.15, -0.1) is 0 Å². The standard InChI is InChI=1S/C19H25NO/c1-3-20-19(17-11-14(2)21-13-17)12-16-9-6-8-15-7-4-5-10-18(15)16/h4-5,7,10-11,13,16,19-20H,3,6,8-9,12H2,1-2H3. The van der Waals surface area contributed by atoms with Crippen LogP contribution in [0.15, 0.2) is 41.0 Å². The molecule has 3 rings (SSSR count). The highest BCUT2D eigenvalue weighted by Crippen LogP contribution is 2.37. The van der Waals surface area contributed by atoms with Gasteiger partial charge in [0.2, 0.25) is 0 Å². The zero-order valence-electron chi connectivity index (χ0n) is 13.1. The molecule has 0 amide bonds. The first-order valence-corrected chi connectivity index (χ1v) is 8.14. The van der Waals surface area contributed by atoms with Crippen LogP contribution in [-0.4, -0.2) is 6.54 Å². The molecule has 1 aromatic heterocycles. The maximum atomic E-state index is 5.51. The predicted octanol–water partition coefficient (Wildman–Crippen LogP) is 4.75. The van der Waals surface area contributed by atoms with Gasteiger partial charge in [-0.2, -0.15) is 0 Å². The number of rotatable bonds is 5. The second kappa shape index (κ2) is 6.48. The Morgan fingerprint density at radius 1 is 1.33 bits per heavy atom. The molecule has 1 aliphatic carbocycles. The topological polar surface area (TPSA) is 25.2 Å². The summed E-state index contributed by atoms with van der Waals surface area (Å²) < 4.78 is 5.51. The summed E-state index contributed by atoms with van der Waals surface area (Å²) in [4.78, 5) is 0. The lowest BCUT2D eigenvalue weighted by atomic mass is 9.79. The summed E-state index contributed by atoms with van der Waals surface area (Å²) in [5, 5.41) is 3.63. The summed E-state index contributed by atoms with van der Waals surface area (Å²) in [5.74, 6) is 1.66. The van der Waals surface area contributed by atoms with Gasteiger partial charge in [-0.05, 0) is 62.3 Å². The molecule has 0 spiro atoms. The van der Waals surface area contributed by atoms with E-state index in [0.29, 0.717) is 12.0 Å². The summed E-state index contributed by atoms with van der Waals surface area (Å²) in [6.45, 7) is 5.18. The summed E-state index contributed by atoms with van der Waals surface area (Å²) in [5.41, 5.74) is 4.40. The third kappa shape index (κ3) is 3.21. The van der Waals surface area contributed by atoms with Crippen molar-refractivity contribution in [3.05, 3.63) is 59.0 Å². The second-order valence-corrected chi connectivity index (χ2v) is 6.12. The van der Waals surface area contributed by atoms with Gasteiger partial charge in [0, 0.05) is 11.6 Å². The van der Waals surface area contributed by atoms with Gasteiger partial charge in [0.05, 0.1) is 6.26 Å². The Hall–Kier alpha value is -1.54. The molecule has 0 fully saturated rings. The Balaban J connectivity index is 1.80. The highest BCUT2D eigenvalue weighted by molar-refractivity contribution is 5.33. The summed E-state index contributed by atoms with van der Waals surface area (Å²) in [6.07, 6.45) is 6.92. The molecule has 21 heavy (non-hydrogen) atoms. The lowest BCUT2D eigenvalue weighted by Crippen LogP contribution is -2.24. The van der Waals surface area contributed by atoms with E-state index in [9.17, 15) is 0 Å². The SMILES string of the molecule is CCNC(CC1CCCc2ccccc21)c1coc(C)c1. The van der Waals surface area contributed by atoms with Crippen molar-refractivity contribution in [1.82, 2.24) is 5.32 Å². The lowest BCUT2D eigenvalue weighted by Gasteiger charge is -2.29. The monoisotopic (exact) mass is 283 g/mol. The number of fused-ring (bicyclic) bond motifs is 1. The summed E-state index contributed by atoms with van der Waals surface area (Å²) in [6, 6.07) is 11.5. The van der Waals surface area contributed by atoms with Crippen molar-refractivity contribution in [2.24, 2.45) is 0 Å². The first-order chi connectivity index (χ1) is 10.3. The molecule has 2 aromatic rings. The normalized spacial score (nSPS) is 19.2. The van der Waals surface area contributed by atoms with E-state index in [1.165, 1.54) is 24.8 Å². The minimum atomic E-state index is 0.392. The first-order valence-electron chi connectivity index (χ1n) is 8.14. The molecule has 0 bridgehead atoms. The van der Waals surface area contributed by atoms with Crippen LogP contribution >= 0.6 is 0 Å². The van der Waals surface area contributed by atoms with Crippen molar-refractivity contribution in [2.75, 3.05) is 6.54 Å². The van der Waals surface area contributed by atoms with Crippen LogP contribution in [0.3, 0.4) is 0 Å². The number of nitrogens with one attached hydrogen (secondary N) is 1. The molecule has 112 valence electrons. The highest BCUT2D eigenvalue weighted by Gasteiger charge is 2.24. The quantitative estimate of drug-likeness (QED) is 0.856. The molecular weight excluding hydrogens is 258 g/mol. The fraction of sp³-hybridized carbons (Fsp3) is 0.474. The molecule has 2 heteroatoms. The van der Waals surface area contributed by atoms with E-state index in [-0.39, 0.29) is 0 Å². The molecule has 2 unspecified atom stereocenters. The van der Waals surface area contributed by atoms with Crippen LogP contribution in [0.25, 0.3) is 0 Å². The van der Waals surface area contributed by atoms with Crippen LogP contribution < -0.4 is 5.32 Å². The molecule has 1 aromatic carbocycles. The van der Waals surface area contributed by atoms with Crippen molar-refractivity contribution >= 4 is 0 Å². The number of hydrogen-bond acceptors (Lipinski definition) is 2. The maximum absolute atomic E-state index is 5.51. The van der Waals surface area contributed by atoms with E-state index >= 15 is 0 Å². The second-order valence-electron chi connectivity index (χ2n) is 6.12. The largest absolute Gasteiger partial charge is 0.469 e. The molecule has 0 aliphatic heterocycles. The fourth-order valence-corrected chi connectivity index (χ4v) is 3.61. The van der Waals surface area contributed by atoms with Crippen molar-refractivity contribution in [1.29, 1.82) is 0 Å². The minimum absolute atomic E-state index is 0.392. The first kappa shape index (κ1) is 14.4. The number of hydrogen-bond donors (Lipinski definition) is 1. The summed E-state index contributed by atoms with van der Waals surface area (Å²) in [7, 11) is 0. The van der Waals surface area contributed by atoms with Crippen molar-refractivity contribution in [3.63, 3.8) is 0 Å². The third-order valence-corrected chi connectivity index (χ3v) is 4.62. The van der Waals surface area contributed by atoms with Gasteiger partial charge in [0.25, 0.3) is 0 Å². The van der Waals surface area contributed by atoms with Crippen molar-refractivity contribution < 1.29 is 4.42 Å². The highest BCUT2D eigenvalue weighted by atomic mass is 16.3. The average Bonchev–Trinajstić information content (AvgIpc) is 2.94. The van der Waals surface area contributed by atoms with E-state index in [4.69, 9.17) is 4.42 Å². The zero-order valence-corrected chi connectivity index (χ0v) is 13.1. The Morgan fingerprint density at radius 2 is 2.19 bits per heavy atom. The van der Waals surface area contributed by atoms with Crippen LogP contribution in [-0.2, 0) is 6.42 Å². The Morgan fingerprint density at radius 3 is 2.95 bits per heavy atom. The Kier molecular flexibility index (Phi) is 4.45. The molecule has 1 aliphatic rings. The van der Waals surface area contributed by atoms with E-state index in [1.807, 2.05) is 13.2 Å². The molecule has 1 N–H and O–H groups in total. The molecular formula is C19H25NO. The lowest BCUT2D eigenvalue weighted by molar-refractivity contribution is 0.422. The van der Waals surface area contributed by atoms with Gasteiger partial charge in [0.1, 0.15) is 5.76 Å². The van der Waals surface area contributed by atoms with Crippen LogP contribution in [0.1, 0.15) is 60.6 Å². The van der Waals surface area contributed by atoms with Gasteiger partial charge >= 0.3 is 0 Å². The van der Waals surface area contributed by atoms with Gasteiger partial charge in [-0.25, -0.2) is 0 Å². The van der Waals surface area contributed by atoms with Crippen LogP contribution in [0.2, 0.25) is 0 Å². The molecule has 2 atom stereocenters. The third-order valence-electron chi connectivity index (χ3n) is 4.62. The Bertz CT molecular complexity index is 587. The van der Waals surface area contributed by atoms with Gasteiger partial charge in [-0.1, -0.05) is 31.2 Å². The van der Waals surface area contributed by atoms with Crippen molar-refractivity contribution in [3.8, 4) is 0 Å². The Labute approximate surface area is 127 Å². The molecule has 0 saturated carbocycles. The summed E-state index contributed by atoms with van der Waals surface area (Å²) >= 11 is 0. The predicted molar refractivity (Wildman–Crippen MR) is 86.6 cm³/mol. The van der Waals surface area contributed by atoms with Gasteiger partial charge in [0.15, 0.2) is 0 Å². The van der Waals surface area contributed by atoms with Crippen LogP contribution in [0.5, 0.6) is 0 Å². The average molecular weight is 283 g/mol. The smallest absolute Gasteiger partial charge is 0.101 e. The zero-order chi connectivity index (χ0) is 14.7. The van der Waals surface area contributed by atoms with E-state index in [0.717, 1.165) is 18.7 Å². The number of benzene rings is 1. The van der Waals surface area contributed by atoms with Gasteiger partial charge < -0.3 is 9.73 Å². The number of furan rings is 1. The van der Waals surface area contributed by atoms with E-state index in [1.54, 1.807) is 11.1 Å². The number of aryl methyl sites for hydroxylation is 2. The van der Waals surface area contributed by atoms with Gasteiger partial charge in [-0.3, -0.25) is 0 Å². The molecule has 0 radical (unpaired) electrons. The maximum Gasteiger partial charge on any atom is 0.101 e. The molecule has 1 heterocycles. The molecule has 0 saturated heterocycles. The van der Waals surface area contributed by atoms with Crippen LogP contribution in [0, 0.1) is 6.92 Å². The van der Waals surface area contributed by atoms with Crippen LogP contribution in [0.4, 0.5) is 0 Å². The van der Waals surface area contributed by atoms with E-state index in [2.05, 4.69) is 42.6 Å². The fourth-order valence-electron chi connectivity index (χ4n) is 3.61. The van der Waals surface area contributed by atoms with E-state index < -0.39 is 0 Å². The molecule has 2 nitrogen and oxygen atoms in total. The van der Waals surface area contributed by atoms with Crippen molar-refractivity contribution in [2.45, 2.75) is 51.5 Å².